The third-order valence-corrected chi connectivity index (χ3v) is 5.55. The van der Waals surface area contributed by atoms with E-state index in [0.29, 0.717) is 0 Å². The Morgan fingerprint density at radius 3 is 2.56 bits per heavy atom. The summed E-state index contributed by atoms with van der Waals surface area (Å²) in [5, 5.41) is 0. The van der Waals surface area contributed by atoms with E-state index in [1.165, 1.54) is 12.1 Å². The van der Waals surface area contributed by atoms with Gasteiger partial charge in [0.15, 0.2) is 5.70 Å². The van der Waals surface area contributed by atoms with Crippen LogP contribution in [0.2, 0.25) is 0 Å². The van der Waals surface area contributed by atoms with Crippen LogP contribution in [-0.2, 0) is 9.53 Å². The number of esters is 1. The van der Waals surface area contributed by atoms with Gasteiger partial charge in [0.1, 0.15) is 11.6 Å². The molecular formula is C20H16FI2NO3. The van der Waals surface area contributed by atoms with E-state index in [1.54, 1.807) is 18.2 Å². The summed E-state index contributed by atoms with van der Waals surface area (Å²) < 4.78 is 26.9. The summed E-state index contributed by atoms with van der Waals surface area (Å²) in [6.45, 7) is 4.09. The molecule has 0 saturated heterocycles. The Morgan fingerprint density at radius 2 is 1.93 bits per heavy atom. The van der Waals surface area contributed by atoms with E-state index in [9.17, 15) is 9.18 Å². The first kappa shape index (κ1) is 20.2. The zero-order valence-corrected chi connectivity index (χ0v) is 18.9. The quantitative estimate of drug-likeness (QED) is 0.260. The molecule has 1 atom stereocenters. The number of carbonyl (C=O) groups excluding carboxylic acids is 1. The highest BCUT2D eigenvalue weighted by Gasteiger charge is 2.26. The fourth-order valence-electron chi connectivity index (χ4n) is 2.38. The third-order valence-electron chi connectivity index (χ3n) is 3.94. The molecule has 0 saturated carbocycles. The molecule has 7 heteroatoms. The van der Waals surface area contributed by atoms with Crippen molar-refractivity contribution in [1.82, 2.24) is 0 Å². The number of nitrogens with zero attached hydrogens (tertiary/aromatic N) is 1. The van der Waals surface area contributed by atoms with Gasteiger partial charge < -0.3 is 9.47 Å². The summed E-state index contributed by atoms with van der Waals surface area (Å²) in [7, 11) is 0. The predicted molar refractivity (Wildman–Crippen MR) is 119 cm³/mol. The number of aliphatic imine (C=N–C) groups is 1. The average Bonchev–Trinajstić information content (AvgIpc) is 2.98. The minimum atomic E-state index is -0.599. The lowest BCUT2D eigenvalue weighted by atomic mass is 10.2. The molecule has 0 amide bonds. The molecule has 0 aliphatic carbocycles. The first-order valence-electron chi connectivity index (χ1n) is 8.32. The van der Waals surface area contributed by atoms with Crippen molar-refractivity contribution in [2.24, 2.45) is 4.99 Å². The summed E-state index contributed by atoms with van der Waals surface area (Å²) in [5.41, 5.74) is 1.09. The van der Waals surface area contributed by atoms with Crippen LogP contribution in [-0.4, -0.2) is 18.0 Å². The second kappa shape index (κ2) is 8.68. The number of halogens is 3. The van der Waals surface area contributed by atoms with Gasteiger partial charge in [-0.15, -0.1) is 0 Å². The minimum Gasteiger partial charge on any atom is -0.489 e. The van der Waals surface area contributed by atoms with Gasteiger partial charge in [0.05, 0.1) is 18.8 Å². The van der Waals surface area contributed by atoms with Crippen LogP contribution in [0.4, 0.5) is 4.39 Å². The van der Waals surface area contributed by atoms with E-state index in [4.69, 9.17) is 9.47 Å². The van der Waals surface area contributed by atoms with Crippen LogP contribution in [0.25, 0.3) is 6.08 Å². The lowest BCUT2D eigenvalue weighted by Crippen LogP contribution is -2.11. The Bertz CT molecular complexity index is 933. The molecular weight excluding hydrogens is 575 g/mol. The van der Waals surface area contributed by atoms with Crippen molar-refractivity contribution in [1.29, 1.82) is 0 Å². The monoisotopic (exact) mass is 591 g/mol. The van der Waals surface area contributed by atoms with Crippen LogP contribution in [0.1, 0.15) is 31.4 Å². The summed E-state index contributed by atoms with van der Waals surface area (Å²) in [5.74, 6) is -0.276. The number of hydrogen-bond acceptors (Lipinski definition) is 4. The van der Waals surface area contributed by atoms with E-state index in [2.05, 4.69) is 57.1 Å². The van der Waals surface area contributed by atoms with Crippen molar-refractivity contribution < 1.29 is 18.7 Å². The topological polar surface area (TPSA) is 47.9 Å². The molecule has 140 valence electrons. The molecule has 1 heterocycles. The second-order valence-electron chi connectivity index (χ2n) is 5.97. The number of rotatable bonds is 5. The van der Waals surface area contributed by atoms with Crippen LogP contribution >= 0.6 is 45.2 Å². The maximum atomic E-state index is 13.9. The molecule has 2 aromatic carbocycles. The van der Waals surface area contributed by atoms with Crippen molar-refractivity contribution in [2.75, 3.05) is 0 Å². The molecule has 3 rings (SSSR count). The van der Waals surface area contributed by atoms with Crippen molar-refractivity contribution in [3.05, 3.63) is 66.2 Å². The number of cyclic esters (lactones) is 1. The molecule has 0 aromatic heterocycles. The highest BCUT2D eigenvalue weighted by Crippen LogP contribution is 2.31. The van der Waals surface area contributed by atoms with Crippen LogP contribution in [0.5, 0.6) is 5.75 Å². The Kier molecular flexibility index (Phi) is 6.51. The standard InChI is InChI=1S/C20H16FI2NO3/c1-3-11(2)26-18-15(22)8-12(9-16(18)23)10-17-20(25)27-19(24-17)13-6-4-5-7-14(13)21/h4-11H,3H2,1-2H3/b17-10-. The highest BCUT2D eigenvalue weighted by molar-refractivity contribution is 14.1. The number of hydrogen-bond donors (Lipinski definition) is 0. The van der Waals surface area contributed by atoms with Gasteiger partial charge >= 0.3 is 5.97 Å². The molecule has 4 nitrogen and oxygen atoms in total. The molecule has 1 aliphatic heterocycles. The summed E-state index contributed by atoms with van der Waals surface area (Å²) in [6, 6.07) is 9.89. The number of benzene rings is 2. The Labute approximate surface area is 184 Å². The summed E-state index contributed by atoms with van der Waals surface area (Å²) >= 11 is 4.42. The van der Waals surface area contributed by atoms with Crippen LogP contribution in [0.3, 0.4) is 0 Å². The summed E-state index contributed by atoms with van der Waals surface area (Å²) in [6.07, 6.45) is 2.67. The van der Waals surface area contributed by atoms with Gasteiger partial charge in [-0.1, -0.05) is 19.1 Å². The zero-order chi connectivity index (χ0) is 19.6. The second-order valence-corrected chi connectivity index (χ2v) is 8.29. The smallest absolute Gasteiger partial charge is 0.363 e. The van der Waals surface area contributed by atoms with Crippen LogP contribution in [0.15, 0.2) is 47.1 Å². The van der Waals surface area contributed by atoms with Gasteiger partial charge in [0, 0.05) is 0 Å². The molecule has 1 unspecified atom stereocenters. The predicted octanol–water partition coefficient (Wildman–Crippen LogP) is 5.56. The van der Waals surface area contributed by atoms with Gasteiger partial charge in [0.2, 0.25) is 5.90 Å². The van der Waals surface area contributed by atoms with Crippen molar-refractivity contribution in [2.45, 2.75) is 26.4 Å². The van der Waals surface area contributed by atoms with Gasteiger partial charge in [-0.25, -0.2) is 14.2 Å². The molecule has 2 aromatic rings. The maximum Gasteiger partial charge on any atom is 0.363 e. The molecule has 0 N–H and O–H groups in total. The third kappa shape index (κ3) is 4.68. The normalized spacial score (nSPS) is 16.3. The average molecular weight is 591 g/mol. The number of ether oxygens (including phenoxy) is 2. The summed E-state index contributed by atoms with van der Waals surface area (Å²) in [4.78, 5) is 16.3. The van der Waals surface area contributed by atoms with E-state index in [-0.39, 0.29) is 23.3 Å². The fraction of sp³-hybridized carbons (Fsp3) is 0.200. The first-order valence-corrected chi connectivity index (χ1v) is 10.5. The fourth-order valence-corrected chi connectivity index (χ4v) is 4.45. The highest BCUT2D eigenvalue weighted by atomic mass is 127. The molecule has 27 heavy (non-hydrogen) atoms. The van der Waals surface area contributed by atoms with E-state index < -0.39 is 11.8 Å². The Balaban J connectivity index is 1.92. The molecule has 0 fully saturated rings. The van der Waals surface area contributed by atoms with Crippen LogP contribution < -0.4 is 4.74 Å². The zero-order valence-electron chi connectivity index (χ0n) is 14.6. The lowest BCUT2D eigenvalue weighted by Gasteiger charge is -2.16. The van der Waals surface area contributed by atoms with Crippen molar-refractivity contribution >= 4 is 63.1 Å². The minimum absolute atomic E-state index is 0.0227. The van der Waals surface area contributed by atoms with Crippen molar-refractivity contribution in [3.8, 4) is 5.75 Å². The van der Waals surface area contributed by atoms with Gasteiger partial charge in [-0.3, -0.25) is 0 Å². The lowest BCUT2D eigenvalue weighted by molar-refractivity contribution is -0.129. The van der Waals surface area contributed by atoms with Crippen LogP contribution in [0, 0.1) is 13.0 Å². The largest absolute Gasteiger partial charge is 0.489 e. The van der Waals surface area contributed by atoms with E-state index in [0.717, 1.165) is 24.9 Å². The van der Waals surface area contributed by atoms with E-state index >= 15 is 0 Å². The molecule has 0 bridgehead atoms. The Hall–Kier alpha value is -1.49. The Morgan fingerprint density at radius 1 is 1.26 bits per heavy atom. The molecule has 1 aliphatic rings. The van der Waals surface area contributed by atoms with Gasteiger partial charge in [-0.05, 0) is 94.4 Å². The number of carbonyl (C=O) groups is 1. The first-order chi connectivity index (χ1) is 12.9. The van der Waals surface area contributed by atoms with Crippen molar-refractivity contribution in [3.63, 3.8) is 0 Å². The molecule has 0 spiro atoms. The van der Waals surface area contributed by atoms with Gasteiger partial charge in [-0.2, -0.15) is 0 Å². The molecule has 0 radical (unpaired) electrons. The SMILES string of the molecule is CCC(C)Oc1c(I)cc(/C=C2\N=C(c3ccccc3F)OC2=O)cc1I. The van der Waals surface area contributed by atoms with E-state index in [1.807, 2.05) is 19.1 Å². The van der Waals surface area contributed by atoms with Gasteiger partial charge in [0.25, 0.3) is 0 Å². The maximum absolute atomic E-state index is 13.9.